The molecular formula is C21H23ClN2O2. The van der Waals surface area contributed by atoms with Gasteiger partial charge in [-0.15, -0.1) is 0 Å². The minimum absolute atomic E-state index is 0.0675. The monoisotopic (exact) mass is 370 g/mol. The van der Waals surface area contributed by atoms with Gasteiger partial charge >= 0.3 is 0 Å². The molecule has 0 bridgehead atoms. The quantitative estimate of drug-likeness (QED) is 0.844. The molecule has 1 heterocycles. The molecule has 4 nitrogen and oxygen atoms in total. The topological polar surface area (TPSA) is 41.6 Å². The Labute approximate surface area is 159 Å². The highest BCUT2D eigenvalue weighted by Gasteiger charge is 2.24. The van der Waals surface area contributed by atoms with Crippen LogP contribution >= 0.6 is 11.6 Å². The molecule has 1 amide bonds. The number of nitrogens with one attached hydrogen (secondary N) is 1. The second-order valence-corrected chi connectivity index (χ2v) is 6.79. The number of amides is 1. The van der Waals surface area contributed by atoms with Gasteiger partial charge in [0.25, 0.3) is 0 Å². The maximum atomic E-state index is 12.7. The van der Waals surface area contributed by atoms with Crippen molar-refractivity contribution in [1.29, 1.82) is 0 Å². The first-order valence-corrected chi connectivity index (χ1v) is 9.09. The lowest BCUT2D eigenvalue weighted by Gasteiger charge is -2.31. The lowest BCUT2D eigenvalue weighted by atomic mass is 9.99. The van der Waals surface area contributed by atoms with Crippen LogP contribution < -0.4 is 10.1 Å². The summed E-state index contributed by atoms with van der Waals surface area (Å²) in [4.78, 5) is 14.8. The number of anilines is 1. The molecule has 26 heavy (non-hydrogen) atoms. The Kier molecular flexibility index (Phi) is 5.96. The number of halogens is 1. The van der Waals surface area contributed by atoms with E-state index in [1.807, 2.05) is 13.0 Å². The normalized spacial score (nSPS) is 15.9. The molecule has 0 saturated carbocycles. The third-order valence-corrected chi connectivity index (χ3v) is 4.97. The summed E-state index contributed by atoms with van der Waals surface area (Å²) in [5.74, 6) is 0.530. The molecule has 3 rings (SSSR count). The van der Waals surface area contributed by atoms with Crippen LogP contribution in [0, 0.1) is 0 Å². The summed E-state index contributed by atoms with van der Waals surface area (Å²) >= 11 is 6.03. The fourth-order valence-corrected chi connectivity index (χ4v) is 3.30. The number of hydrogen-bond donors (Lipinski definition) is 1. The van der Waals surface area contributed by atoms with Crippen molar-refractivity contribution in [3.8, 4) is 5.75 Å². The number of benzene rings is 2. The van der Waals surface area contributed by atoms with E-state index in [0.717, 1.165) is 19.5 Å². The van der Waals surface area contributed by atoms with Crippen LogP contribution in [0.2, 0.25) is 5.02 Å². The summed E-state index contributed by atoms with van der Waals surface area (Å²) in [5.41, 5.74) is 3.19. The van der Waals surface area contributed by atoms with Gasteiger partial charge in [-0.05, 0) is 42.7 Å². The molecule has 2 aromatic carbocycles. The molecule has 0 spiro atoms. The van der Waals surface area contributed by atoms with Crippen LogP contribution in [0.25, 0.3) is 5.57 Å². The SMILES string of the molecule is COc1ccc(Cl)cc1NC(=O)[C@@H](C)N1CC=C(c2ccccc2)CC1. The predicted molar refractivity (Wildman–Crippen MR) is 107 cm³/mol. The number of carbonyl (C=O) groups excluding carboxylic acids is 1. The van der Waals surface area contributed by atoms with Gasteiger partial charge < -0.3 is 10.1 Å². The van der Waals surface area contributed by atoms with Gasteiger partial charge in [0, 0.05) is 18.1 Å². The van der Waals surface area contributed by atoms with Crippen molar-refractivity contribution in [2.45, 2.75) is 19.4 Å². The Bertz CT molecular complexity index is 805. The van der Waals surface area contributed by atoms with E-state index in [0.29, 0.717) is 16.5 Å². The molecule has 0 aliphatic carbocycles. The van der Waals surface area contributed by atoms with Crippen LogP contribution in [0.5, 0.6) is 5.75 Å². The summed E-state index contributed by atoms with van der Waals surface area (Å²) < 4.78 is 5.29. The third kappa shape index (κ3) is 4.26. The van der Waals surface area contributed by atoms with Gasteiger partial charge in [-0.25, -0.2) is 0 Å². The Hall–Kier alpha value is -2.30. The lowest BCUT2D eigenvalue weighted by molar-refractivity contribution is -0.120. The molecule has 2 aromatic rings. The van der Waals surface area contributed by atoms with Crippen molar-refractivity contribution in [3.63, 3.8) is 0 Å². The van der Waals surface area contributed by atoms with Crippen molar-refractivity contribution < 1.29 is 9.53 Å². The van der Waals surface area contributed by atoms with E-state index in [2.05, 4.69) is 40.6 Å². The molecule has 0 saturated heterocycles. The molecule has 0 unspecified atom stereocenters. The molecule has 136 valence electrons. The average molecular weight is 371 g/mol. The zero-order valence-corrected chi connectivity index (χ0v) is 15.8. The van der Waals surface area contributed by atoms with E-state index in [4.69, 9.17) is 16.3 Å². The number of ether oxygens (including phenoxy) is 1. The largest absolute Gasteiger partial charge is 0.495 e. The van der Waals surface area contributed by atoms with Gasteiger partial charge in [0.05, 0.1) is 18.8 Å². The number of hydrogen-bond acceptors (Lipinski definition) is 3. The summed E-state index contributed by atoms with van der Waals surface area (Å²) in [7, 11) is 1.57. The maximum absolute atomic E-state index is 12.7. The van der Waals surface area contributed by atoms with E-state index < -0.39 is 0 Å². The average Bonchev–Trinajstić information content (AvgIpc) is 2.68. The molecule has 1 N–H and O–H groups in total. The van der Waals surface area contributed by atoms with Crippen LogP contribution in [-0.2, 0) is 4.79 Å². The Morgan fingerprint density at radius 2 is 2.00 bits per heavy atom. The molecule has 1 aliphatic rings. The Morgan fingerprint density at radius 1 is 1.23 bits per heavy atom. The first-order valence-electron chi connectivity index (χ1n) is 8.71. The smallest absolute Gasteiger partial charge is 0.241 e. The number of methoxy groups -OCH3 is 1. The number of carbonyl (C=O) groups is 1. The summed E-state index contributed by atoms with van der Waals surface area (Å²) in [5, 5.41) is 3.49. The van der Waals surface area contributed by atoms with Crippen molar-refractivity contribution in [3.05, 3.63) is 65.2 Å². The molecule has 0 radical (unpaired) electrons. The highest BCUT2D eigenvalue weighted by molar-refractivity contribution is 6.31. The second-order valence-electron chi connectivity index (χ2n) is 6.35. The highest BCUT2D eigenvalue weighted by Crippen LogP contribution is 2.28. The second kappa shape index (κ2) is 8.39. The van der Waals surface area contributed by atoms with Crippen molar-refractivity contribution in [1.82, 2.24) is 4.90 Å². The van der Waals surface area contributed by atoms with E-state index in [1.54, 1.807) is 25.3 Å². The summed E-state index contributed by atoms with van der Waals surface area (Å²) in [6, 6.07) is 15.3. The van der Waals surface area contributed by atoms with Gasteiger partial charge in [-0.2, -0.15) is 0 Å². The molecule has 0 fully saturated rings. The lowest BCUT2D eigenvalue weighted by Crippen LogP contribution is -2.44. The maximum Gasteiger partial charge on any atom is 0.241 e. The molecule has 1 atom stereocenters. The first-order chi connectivity index (χ1) is 12.6. The minimum atomic E-state index is -0.243. The molecular weight excluding hydrogens is 348 g/mol. The van der Waals surface area contributed by atoms with Gasteiger partial charge in [-0.1, -0.05) is 48.0 Å². The van der Waals surface area contributed by atoms with Gasteiger partial charge in [0.15, 0.2) is 0 Å². The van der Waals surface area contributed by atoms with Crippen LogP contribution in [0.3, 0.4) is 0 Å². The van der Waals surface area contributed by atoms with Gasteiger partial charge in [0.2, 0.25) is 5.91 Å². The van der Waals surface area contributed by atoms with Gasteiger partial charge in [0.1, 0.15) is 5.75 Å². The number of nitrogens with zero attached hydrogens (tertiary/aromatic N) is 1. The Morgan fingerprint density at radius 3 is 2.65 bits per heavy atom. The van der Waals surface area contributed by atoms with Crippen LogP contribution in [0.1, 0.15) is 18.9 Å². The standard InChI is InChI=1S/C21H23ClN2O2/c1-15(21(25)23-19-14-18(22)8-9-20(19)26-2)24-12-10-17(11-13-24)16-6-4-3-5-7-16/h3-10,14-15H,11-13H2,1-2H3,(H,23,25)/t15-/m1/s1. The highest BCUT2D eigenvalue weighted by atomic mass is 35.5. The van der Waals surface area contributed by atoms with E-state index in [-0.39, 0.29) is 11.9 Å². The molecule has 0 aromatic heterocycles. The van der Waals surface area contributed by atoms with Crippen LogP contribution in [0.15, 0.2) is 54.6 Å². The summed E-state index contributed by atoms with van der Waals surface area (Å²) in [6.45, 7) is 3.53. The van der Waals surface area contributed by atoms with E-state index in [9.17, 15) is 4.79 Å². The van der Waals surface area contributed by atoms with Crippen LogP contribution in [-0.4, -0.2) is 37.0 Å². The zero-order chi connectivity index (χ0) is 18.5. The van der Waals surface area contributed by atoms with Crippen LogP contribution in [0.4, 0.5) is 5.69 Å². The third-order valence-electron chi connectivity index (χ3n) is 4.73. The number of rotatable bonds is 5. The van der Waals surface area contributed by atoms with E-state index >= 15 is 0 Å². The molecule has 1 aliphatic heterocycles. The summed E-state index contributed by atoms with van der Waals surface area (Å²) in [6.07, 6.45) is 3.14. The zero-order valence-electron chi connectivity index (χ0n) is 15.0. The van der Waals surface area contributed by atoms with E-state index in [1.165, 1.54) is 11.1 Å². The van der Waals surface area contributed by atoms with Crippen molar-refractivity contribution in [2.24, 2.45) is 0 Å². The fourth-order valence-electron chi connectivity index (χ4n) is 3.13. The predicted octanol–water partition coefficient (Wildman–Crippen LogP) is 4.46. The van der Waals surface area contributed by atoms with Crippen molar-refractivity contribution in [2.75, 3.05) is 25.5 Å². The van der Waals surface area contributed by atoms with Gasteiger partial charge in [-0.3, -0.25) is 9.69 Å². The minimum Gasteiger partial charge on any atom is -0.495 e. The fraction of sp³-hybridized carbons (Fsp3) is 0.286. The molecule has 5 heteroatoms. The first kappa shape index (κ1) is 18.5. The Balaban J connectivity index is 1.65. The van der Waals surface area contributed by atoms with Crippen molar-refractivity contribution >= 4 is 28.8 Å².